The highest BCUT2D eigenvalue weighted by molar-refractivity contribution is 9.10. The Morgan fingerprint density at radius 2 is 2.14 bits per heavy atom. The number of nitrogens with zero attached hydrogens (tertiary/aromatic N) is 1. The molecule has 0 atom stereocenters. The Kier molecular flexibility index (Phi) is 4.02. The lowest BCUT2D eigenvalue weighted by molar-refractivity contribution is -0.385. The van der Waals surface area contributed by atoms with Crippen LogP contribution in [0.1, 0.15) is 5.56 Å². The minimum atomic E-state index is -0.321. The van der Waals surface area contributed by atoms with E-state index in [1.807, 2.05) is 12.1 Å². The number of hydrogen-bond donors (Lipinski definition) is 0. The maximum absolute atomic E-state index is 10.7. The fourth-order valence-corrected chi connectivity index (χ4v) is 2.48. The van der Waals surface area contributed by atoms with Crippen LogP contribution in [0, 0.1) is 10.1 Å². The molecule has 0 saturated heterocycles. The van der Waals surface area contributed by atoms with Crippen LogP contribution in [0.25, 0.3) is 0 Å². The normalized spacial score (nSPS) is 10.6. The number of hydrogen-bond acceptors (Lipinski definition) is 2. The zero-order valence-corrected chi connectivity index (χ0v) is 10.5. The van der Waals surface area contributed by atoms with Crippen LogP contribution in [0.4, 0.5) is 5.69 Å². The molecule has 0 fully saturated rings. The molecule has 0 N–H and O–H groups in total. The second kappa shape index (κ2) is 4.85. The van der Waals surface area contributed by atoms with E-state index in [9.17, 15) is 10.1 Å². The Morgan fingerprint density at radius 1 is 1.50 bits per heavy atom. The topological polar surface area (TPSA) is 43.1 Å². The highest BCUT2D eigenvalue weighted by Crippen LogP contribution is 2.35. The minimum Gasteiger partial charge on any atom is -0.258 e. The maximum atomic E-state index is 10.7. The summed E-state index contributed by atoms with van der Waals surface area (Å²) >= 11 is 3.23. The van der Waals surface area contributed by atoms with E-state index in [0.29, 0.717) is 0 Å². The van der Waals surface area contributed by atoms with Gasteiger partial charge < -0.3 is 0 Å². The highest BCUT2D eigenvalue weighted by atomic mass is 79.9. The second-order valence-electron chi connectivity index (χ2n) is 3.27. The number of rotatable bonds is 3. The molecule has 0 heterocycles. The van der Waals surface area contributed by atoms with Gasteiger partial charge in [0, 0.05) is 16.1 Å². The van der Waals surface area contributed by atoms with Crippen molar-refractivity contribution in [1.29, 1.82) is 0 Å². The molecule has 0 saturated carbocycles. The van der Waals surface area contributed by atoms with Crippen LogP contribution in [0.15, 0.2) is 22.7 Å². The van der Waals surface area contributed by atoms with Crippen LogP contribution < -0.4 is 0 Å². The summed E-state index contributed by atoms with van der Waals surface area (Å²) in [4.78, 5) is 10.4. The Morgan fingerprint density at radius 3 is 2.64 bits per heavy atom. The Balaban J connectivity index is 3.08. The Bertz CT molecular complexity index is 355. The first-order chi connectivity index (χ1) is 6.50. The van der Waals surface area contributed by atoms with E-state index in [0.717, 1.165) is 16.2 Å². The zero-order valence-electron chi connectivity index (χ0n) is 8.03. The SMILES string of the molecule is CP(C)Cc1ccc(Br)cc1[N+](=O)[O-]. The summed E-state index contributed by atoms with van der Waals surface area (Å²) in [6.07, 6.45) is 0.804. The third-order valence-corrected chi connectivity index (χ3v) is 3.20. The molecule has 0 radical (unpaired) electrons. The fraction of sp³-hybridized carbons (Fsp3) is 0.333. The number of nitro benzene ring substituents is 1. The van der Waals surface area contributed by atoms with Gasteiger partial charge in [-0.3, -0.25) is 10.1 Å². The number of benzene rings is 1. The van der Waals surface area contributed by atoms with Gasteiger partial charge in [-0.05, 0) is 25.6 Å². The number of halogens is 1. The molecule has 0 amide bonds. The predicted molar refractivity (Wildman–Crippen MR) is 63.3 cm³/mol. The highest BCUT2D eigenvalue weighted by Gasteiger charge is 2.14. The van der Waals surface area contributed by atoms with Gasteiger partial charge in [0.15, 0.2) is 0 Å². The van der Waals surface area contributed by atoms with E-state index in [2.05, 4.69) is 29.3 Å². The largest absolute Gasteiger partial charge is 0.274 e. The monoisotopic (exact) mass is 275 g/mol. The molecule has 14 heavy (non-hydrogen) atoms. The average molecular weight is 276 g/mol. The third-order valence-electron chi connectivity index (χ3n) is 1.73. The van der Waals surface area contributed by atoms with E-state index in [1.165, 1.54) is 0 Å². The van der Waals surface area contributed by atoms with Crippen LogP contribution in [-0.4, -0.2) is 18.3 Å². The molecule has 0 aliphatic heterocycles. The molecule has 5 heteroatoms. The van der Waals surface area contributed by atoms with Crippen molar-refractivity contribution in [3.05, 3.63) is 38.3 Å². The van der Waals surface area contributed by atoms with Crippen molar-refractivity contribution in [2.24, 2.45) is 0 Å². The summed E-state index contributed by atoms with van der Waals surface area (Å²) in [5.41, 5.74) is 1.05. The smallest absolute Gasteiger partial charge is 0.258 e. The third kappa shape index (κ3) is 3.03. The molecule has 0 aliphatic rings. The molecule has 1 aromatic carbocycles. The van der Waals surface area contributed by atoms with E-state index >= 15 is 0 Å². The van der Waals surface area contributed by atoms with E-state index in [1.54, 1.807) is 6.07 Å². The summed E-state index contributed by atoms with van der Waals surface area (Å²) in [5, 5.41) is 10.7. The lowest BCUT2D eigenvalue weighted by Crippen LogP contribution is -1.94. The molecule has 0 aliphatic carbocycles. The van der Waals surface area contributed by atoms with Gasteiger partial charge in [0.25, 0.3) is 5.69 Å². The van der Waals surface area contributed by atoms with Crippen molar-refractivity contribution < 1.29 is 4.92 Å². The summed E-state index contributed by atoms with van der Waals surface area (Å²) < 4.78 is 0.754. The van der Waals surface area contributed by atoms with Crippen molar-refractivity contribution in [2.45, 2.75) is 6.16 Å². The van der Waals surface area contributed by atoms with Crippen molar-refractivity contribution in [3.8, 4) is 0 Å². The Hall–Kier alpha value is -0.470. The summed E-state index contributed by atoms with van der Waals surface area (Å²) in [7, 11) is -0.147. The summed E-state index contributed by atoms with van der Waals surface area (Å²) in [6.45, 7) is 4.22. The molecule has 0 bridgehead atoms. The molecule has 1 aromatic rings. The lowest BCUT2D eigenvalue weighted by Gasteiger charge is -2.06. The van der Waals surface area contributed by atoms with Crippen molar-refractivity contribution in [2.75, 3.05) is 13.3 Å². The first-order valence-corrected chi connectivity index (χ1v) is 7.29. The van der Waals surface area contributed by atoms with E-state index in [-0.39, 0.29) is 18.5 Å². The van der Waals surface area contributed by atoms with E-state index < -0.39 is 0 Å². The van der Waals surface area contributed by atoms with Gasteiger partial charge in [0.1, 0.15) is 0 Å². The molecule has 1 rings (SSSR count). The van der Waals surface area contributed by atoms with Gasteiger partial charge in [0.05, 0.1) is 4.92 Å². The molecular formula is C9H11BrNO2P. The minimum absolute atomic E-state index is 0.147. The van der Waals surface area contributed by atoms with Crippen molar-refractivity contribution in [3.63, 3.8) is 0 Å². The average Bonchev–Trinajstić information content (AvgIpc) is 2.07. The van der Waals surface area contributed by atoms with Gasteiger partial charge in [-0.25, -0.2) is 0 Å². The molecule has 0 unspecified atom stereocenters. The first-order valence-electron chi connectivity index (χ1n) is 4.08. The molecule has 0 spiro atoms. The van der Waals surface area contributed by atoms with Crippen LogP contribution >= 0.6 is 23.9 Å². The first kappa shape index (κ1) is 11.6. The maximum Gasteiger partial charge on any atom is 0.274 e. The van der Waals surface area contributed by atoms with Gasteiger partial charge in [-0.15, -0.1) is 7.92 Å². The van der Waals surface area contributed by atoms with Gasteiger partial charge >= 0.3 is 0 Å². The predicted octanol–water partition coefficient (Wildman–Crippen LogP) is 3.60. The summed E-state index contributed by atoms with van der Waals surface area (Å²) in [6, 6.07) is 5.24. The van der Waals surface area contributed by atoms with Gasteiger partial charge in [-0.2, -0.15) is 0 Å². The molecular weight excluding hydrogens is 265 g/mol. The zero-order chi connectivity index (χ0) is 10.7. The Labute approximate surface area is 92.5 Å². The van der Waals surface area contributed by atoms with Crippen molar-refractivity contribution in [1.82, 2.24) is 0 Å². The van der Waals surface area contributed by atoms with E-state index in [4.69, 9.17) is 0 Å². The van der Waals surface area contributed by atoms with Crippen molar-refractivity contribution >= 4 is 29.5 Å². The molecule has 76 valence electrons. The quantitative estimate of drug-likeness (QED) is 0.481. The fourth-order valence-electron chi connectivity index (χ4n) is 1.18. The van der Waals surface area contributed by atoms with Crippen LogP contribution in [-0.2, 0) is 6.16 Å². The second-order valence-corrected chi connectivity index (χ2v) is 6.66. The summed E-state index contributed by atoms with van der Waals surface area (Å²) in [5.74, 6) is 0. The van der Waals surface area contributed by atoms with Crippen LogP contribution in [0.2, 0.25) is 0 Å². The van der Waals surface area contributed by atoms with Crippen LogP contribution in [0.3, 0.4) is 0 Å². The number of nitro groups is 1. The van der Waals surface area contributed by atoms with Crippen LogP contribution in [0.5, 0.6) is 0 Å². The molecule has 3 nitrogen and oxygen atoms in total. The lowest BCUT2D eigenvalue weighted by atomic mass is 10.2. The standard InChI is InChI=1S/C9H11BrNO2P/c1-14(2)6-7-3-4-8(10)5-9(7)11(12)13/h3-5H,6H2,1-2H3. The van der Waals surface area contributed by atoms with Gasteiger partial charge in [0.2, 0.25) is 0 Å². The molecule has 0 aromatic heterocycles. The van der Waals surface area contributed by atoms with Gasteiger partial charge in [-0.1, -0.05) is 22.0 Å².